The van der Waals surface area contributed by atoms with Crippen LogP contribution in [0, 0.1) is 0 Å². The van der Waals surface area contributed by atoms with Crippen LogP contribution in [0.2, 0.25) is 0 Å². The second-order valence-corrected chi connectivity index (χ2v) is 7.00. The van der Waals surface area contributed by atoms with Gasteiger partial charge in [-0.25, -0.2) is 8.42 Å². The summed E-state index contributed by atoms with van der Waals surface area (Å²) < 4.78 is 25.4. The van der Waals surface area contributed by atoms with Gasteiger partial charge in [0.05, 0.1) is 4.90 Å². The van der Waals surface area contributed by atoms with Crippen molar-refractivity contribution in [2.45, 2.75) is 29.9 Å². The third-order valence-electron chi connectivity index (χ3n) is 3.35. The minimum atomic E-state index is -3.66. The van der Waals surface area contributed by atoms with Gasteiger partial charge >= 0.3 is 0 Å². The van der Waals surface area contributed by atoms with Gasteiger partial charge in [-0.15, -0.1) is 0 Å². The summed E-state index contributed by atoms with van der Waals surface area (Å²) in [6.45, 7) is 1.88. The van der Waals surface area contributed by atoms with Crippen LogP contribution >= 0.6 is 0 Å². The Balaban J connectivity index is 2.42. The van der Waals surface area contributed by atoms with Crippen LogP contribution in [0.4, 0.5) is 0 Å². The summed E-state index contributed by atoms with van der Waals surface area (Å²) >= 11 is 0. The van der Waals surface area contributed by atoms with Gasteiger partial charge in [-0.1, -0.05) is 61.9 Å². The zero-order valence-corrected chi connectivity index (χ0v) is 12.7. The van der Waals surface area contributed by atoms with Crippen molar-refractivity contribution in [3.63, 3.8) is 0 Å². The molecular weight excluding hydrogens is 284 g/mol. The molecule has 3 nitrogen and oxygen atoms in total. The molecule has 2 rings (SSSR count). The maximum absolute atomic E-state index is 12.7. The fourth-order valence-electron chi connectivity index (χ4n) is 2.25. The van der Waals surface area contributed by atoms with E-state index in [0.717, 1.165) is 0 Å². The molecule has 0 radical (unpaired) electrons. The first-order chi connectivity index (χ1) is 10.1. The van der Waals surface area contributed by atoms with Crippen molar-refractivity contribution in [3.8, 4) is 0 Å². The molecule has 0 spiro atoms. The molecule has 0 aliphatic heterocycles. The summed E-state index contributed by atoms with van der Waals surface area (Å²) in [5.74, 6) is -0.332. The van der Waals surface area contributed by atoms with Crippen molar-refractivity contribution in [1.82, 2.24) is 0 Å². The molecule has 0 amide bonds. The monoisotopic (exact) mass is 302 g/mol. The number of hydrogen-bond donors (Lipinski definition) is 0. The van der Waals surface area contributed by atoms with Crippen LogP contribution in [-0.4, -0.2) is 19.5 Å². The SMILES string of the molecule is CCCC(C(=O)c1ccccc1)S(=O)(=O)c1ccccc1. The highest BCUT2D eigenvalue weighted by Gasteiger charge is 2.33. The lowest BCUT2D eigenvalue weighted by Gasteiger charge is -2.16. The Labute approximate surface area is 125 Å². The number of sulfone groups is 1. The second kappa shape index (κ2) is 6.68. The molecule has 0 saturated carbocycles. The highest BCUT2D eigenvalue weighted by molar-refractivity contribution is 7.92. The van der Waals surface area contributed by atoms with Gasteiger partial charge in [0.1, 0.15) is 5.25 Å². The Bertz CT molecular complexity index is 691. The normalized spacial score (nSPS) is 12.8. The van der Waals surface area contributed by atoms with Gasteiger partial charge < -0.3 is 0 Å². The second-order valence-electron chi connectivity index (χ2n) is 4.87. The number of benzene rings is 2. The molecule has 1 unspecified atom stereocenters. The molecule has 2 aromatic carbocycles. The molecule has 2 aromatic rings. The van der Waals surface area contributed by atoms with Crippen molar-refractivity contribution < 1.29 is 13.2 Å². The van der Waals surface area contributed by atoms with E-state index < -0.39 is 15.1 Å². The van der Waals surface area contributed by atoms with Crippen molar-refractivity contribution in [2.24, 2.45) is 0 Å². The van der Waals surface area contributed by atoms with Crippen molar-refractivity contribution in [1.29, 1.82) is 0 Å². The molecule has 0 aliphatic rings. The van der Waals surface area contributed by atoms with E-state index in [2.05, 4.69) is 0 Å². The van der Waals surface area contributed by atoms with Crippen LogP contribution in [0.1, 0.15) is 30.1 Å². The smallest absolute Gasteiger partial charge is 0.188 e. The summed E-state index contributed by atoms with van der Waals surface area (Å²) in [5, 5.41) is -1.02. The van der Waals surface area contributed by atoms with Crippen molar-refractivity contribution in [2.75, 3.05) is 0 Å². The van der Waals surface area contributed by atoms with E-state index in [9.17, 15) is 13.2 Å². The molecule has 0 aromatic heterocycles. The Morgan fingerprint density at radius 2 is 1.48 bits per heavy atom. The summed E-state index contributed by atoms with van der Waals surface area (Å²) in [6, 6.07) is 16.8. The number of rotatable bonds is 6. The summed E-state index contributed by atoms with van der Waals surface area (Å²) in [4.78, 5) is 12.8. The van der Waals surface area contributed by atoms with E-state index in [0.29, 0.717) is 18.4 Å². The molecule has 0 fully saturated rings. The third-order valence-corrected chi connectivity index (χ3v) is 5.48. The van der Waals surface area contributed by atoms with Crippen LogP contribution in [0.3, 0.4) is 0 Å². The topological polar surface area (TPSA) is 51.2 Å². The Hall–Kier alpha value is -1.94. The maximum Gasteiger partial charge on any atom is 0.188 e. The van der Waals surface area contributed by atoms with Crippen LogP contribution in [0.25, 0.3) is 0 Å². The predicted octanol–water partition coefficient (Wildman–Crippen LogP) is 3.51. The summed E-state index contributed by atoms with van der Waals surface area (Å²) in [5.41, 5.74) is 0.440. The van der Waals surface area contributed by atoms with Crippen LogP contribution in [0.15, 0.2) is 65.6 Å². The fourth-order valence-corrected chi connectivity index (χ4v) is 4.08. The van der Waals surface area contributed by atoms with Gasteiger partial charge in [-0.05, 0) is 18.6 Å². The number of ketones is 1. The quantitative estimate of drug-likeness (QED) is 0.767. The number of carbonyl (C=O) groups is 1. The average molecular weight is 302 g/mol. The largest absolute Gasteiger partial charge is 0.293 e. The summed E-state index contributed by atoms with van der Waals surface area (Å²) in [6.07, 6.45) is 0.959. The standard InChI is InChI=1S/C17H18O3S/c1-2-9-16(17(18)14-10-5-3-6-11-14)21(19,20)15-12-7-4-8-13-15/h3-8,10-13,16H,2,9H2,1H3. The van der Waals surface area contributed by atoms with E-state index in [4.69, 9.17) is 0 Å². The van der Waals surface area contributed by atoms with E-state index in [1.807, 2.05) is 6.92 Å². The molecule has 0 N–H and O–H groups in total. The molecule has 0 bridgehead atoms. The van der Waals surface area contributed by atoms with E-state index >= 15 is 0 Å². The van der Waals surface area contributed by atoms with Crippen molar-refractivity contribution >= 4 is 15.6 Å². The minimum absolute atomic E-state index is 0.202. The van der Waals surface area contributed by atoms with E-state index in [1.165, 1.54) is 12.1 Å². The highest BCUT2D eigenvalue weighted by atomic mass is 32.2. The minimum Gasteiger partial charge on any atom is -0.293 e. The van der Waals surface area contributed by atoms with E-state index in [1.54, 1.807) is 48.5 Å². The summed E-state index contributed by atoms with van der Waals surface area (Å²) in [7, 11) is -3.66. The Kier molecular flexibility index (Phi) is 4.91. The zero-order chi connectivity index (χ0) is 15.3. The Morgan fingerprint density at radius 3 is 2.00 bits per heavy atom. The first-order valence-electron chi connectivity index (χ1n) is 6.95. The lowest BCUT2D eigenvalue weighted by Crippen LogP contribution is -2.30. The Morgan fingerprint density at radius 1 is 0.952 bits per heavy atom. The van der Waals surface area contributed by atoms with Crippen LogP contribution < -0.4 is 0 Å². The molecular formula is C17H18O3S. The molecule has 21 heavy (non-hydrogen) atoms. The highest BCUT2D eigenvalue weighted by Crippen LogP contribution is 2.22. The third kappa shape index (κ3) is 3.39. The lowest BCUT2D eigenvalue weighted by molar-refractivity contribution is 0.0983. The number of Topliss-reactive ketones (excluding diaryl/α,β-unsaturated/α-hetero) is 1. The lowest BCUT2D eigenvalue weighted by atomic mass is 10.1. The fraction of sp³-hybridized carbons (Fsp3) is 0.235. The number of hydrogen-bond acceptors (Lipinski definition) is 3. The maximum atomic E-state index is 12.7. The van der Waals surface area contributed by atoms with Gasteiger partial charge in [0.2, 0.25) is 0 Å². The molecule has 0 aliphatic carbocycles. The van der Waals surface area contributed by atoms with Crippen LogP contribution in [-0.2, 0) is 9.84 Å². The predicted molar refractivity (Wildman–Crippen MR) is 83.1 cm³/mol. The molecule has 110 valence electrons. The zero-order valence-electron chi connectivity index (χ0n) is 11.9. The van der Waals surface area contributed by atoms with Gasteiger partial charge in [0.15, 0.2) is 15.6 Å². The number of carbonyl (C=O) groups excluding carboxylic acids is 1. The van der Waals surface area contributed by atoms with E-state index in [-0.39, 0.29) is 10.7 Å². The van der Waals surface area contributed by atoms with Gasteiger partial charge in [0, 0.05) is 5.56 Å². The molecule has 0 heterocycles. The van der Waals surface area contributed by atoms with Gasteiger partial charge in [-0.2, -0.15) is 0 Å². The van der Waals surface area contributed by atoms with Gasteiger partial charge in [0.25, 0.3) is 0 Å². The first kappa shape index (κ1) is 15.4. The van der Waals surface area contributed by atoms with Crippen LogP contribution in [0.5, 0.6) is 0 Å². The van der Waals surface area contributed by atoms with Gasteiger partial charge in [-0.3, -0.25) is 4.79 Å². The molecule has 0 saturated heterocycles. The molecule has 1 atom stereocenters. The average Bonchev–Trinajstić information content (AvgIpc) is 2.53. The molecule has 4 heteroatoms. The first-order valence-corrected chi connectivity index (χ1v) is 8.50. The van der Waals surface area contributed by atoms with Crippen molar-refractivity contribution in [3.05, 3.63) is 66.2 Å².